The summed E-state index contributed by atoms with van der Waals surface area (Å²) in [7, 11) is 0. The molecule has 1 saturated carbocycles. The summed E-state index contributed by atoms with van der Waals surface area (Å²) in [5.74, 6) is 3.38. The van der Waals surface area contributed by atoms with E-state index in [-0.39, 0.29) is 0 Å². The predicted octanol–water partition coefficient (Wildman–Crippen LogP) is 7.87. The zero-order valence-electron chi connectivity index (χ0n) is 17.6. The van der Waals surface area contributed by atoms with Gasteiger partial charge in [0.05, 0.1) is 0 Å². The molecule has 0 nitrogen and oxygen atoms in total. The van der Waals surface area contributed by atoms with Crippen molar-refractivity contribution in [1.82, 2.24) is 0 Å². The molecule has 2 unspecified atom stereocenters. The van der Waals surface area contributed by atoms with E-state index in [4.69, 9.17) is 0 Å². The van der Waals surface area contributed by atoms with Crippen molar-refractivity contribution >= 4 is 0 Å². The standard InChI is InChI=1S/C25H40/c1-17(2)21-14-16-25(6)15-13-18(3)7-10-22-19(4)8-11-23(22)20(5)9-12-24(21)25/h9,13,17,19,21,24H,7-8,10-12,14-16H2,1-6H3/b18-13+,20-9+/t19-,21?,24?,25+/m1/s1. The van der Waals surface area contributed by atoms with Gasteiger partial charge in [0.15, 0.2) is 0 Å². The summed E-state index contributed by atoms with van der Waals surface area (Å²) in [6.07, 6.45) is 15.9. The summed E-state index contributed by atoms with van der Waals surface area (Å²) in [5.41, 5.74) is 7.24. The van der Waals surface area contributed by atoms with E-state index in [2.05, 4.69) is 53.7 Å². The Morgan fingerprint density at radius 3 is 2.52 bits per heavy atom. The van der Waals surface area contributed by atoms with Gasteiger partial charge in [-0.05, 0) is 99.9 Å². The van der Waals surface area contributed by atoms with E-state index in [1.54, 1.807) is 22.3 Å². The highest BCUT2D eigenvalue weighted by Gasteiger charge is 2.44. The SMILES string of the molecule is C/C1=C\C[C@@]2(C)CCC(C(C)C)C2C/C=C(\C)C2=C(CC1)[C@H](C)CC2. The average Bonchev–Trinajstić information content (AvgIpc) is 3.09. The highest BCUT2D eigenvalue weighted by Crippen LogP contribution is 2.54. The largest absolute Gasteiger partial charge is 0.0850 e. The highest BCUT2D eigenvalue weighted by molar-refractivity contribution is 5.38. The lowest BCUT2D eigenvalue weighted by Crippen LogP contribution is -2.27. The Morgan fingerprint density at radius 2 is 1.80 bits per heavy atom. The van der Waals surface area contributed by atoms with Gasteiger partial charge in [0.1, 0.15) is 0 Å². The molecule has 1 fully saturated rings. The Bertz CT molecular complexity index is 585. The second-order valence-corrected chi connectivity index (χ2v) is 10.0. The molecule has 0 heteroatoms. The minimum atomic E-state index is 0.506. The Morgan fingerprint density at radius 1 is 1.04 bits per heavy atom. The van der Waals surface area contributed by atoms with Gasteiger partial charge >= 0.3 is 0 Å². The third kappa shape index (κ3) is 3.83. The fourth-order valence-electron chi connectivity index (χ4n) is 6.02. The maximum atomic E-state index is 2.63. The van der Waals surface area contributed by atoms with Crippen LogP contribution in [0.5, 0.6) is 0 Å². The molecule has 3 rings (SSSR count). The van der Waals surface area contributed by atoms with Crippen molar-refractivity contribution in [2.45, 2.75) is 92.9 Å². The Labute approximate surface area is 156 Å². The molecule has 0 saturated heterocycles. The van der Waals surface area contributed by atoms with E-state index in [9.17, 15) is 0 Å². The van der Waals surface area contributed by atoms with Gasteiger partial charge in [0.25, 0.3) is 0 Å². The predicted molar refractivity (Wildman–Crippen MR) is 111 cm³/mol. The zero-order chi connectivity index (χ0) is 18.2. The molecule has 0 aromatic heterocycles. The van der Waals surface area contributed by atoms with Crippen LogP contribution >= 0.6 is 0 Å². The number of allylic oxidation sites excluding steroid dienone is 6. The molecule has 0 amide bonds. The third-order valence-corrected chi connectivity index (χ3v) is 7.99. The quantitative estimate of drug-likeness (QED) is 0.426. The van der Waals surface area contributed by atoms with Crippen molar-refractivity contribution in [3.63, 3.8) is 0 Å². The van der Waals surface area contributed by atoms with Crippen molar-refractivity contribution in [2.75, 3.05) is 0 Å². The molecule has 25 heavy (non-hydrogen) atoms. The normalized spacial score (nSPS) is 41.3. The van der Waals surface area contributed by atoms with Crippen molar-refractivity contribution in [1.29, 1.82) is 0 Å². The fraction of sp³-hybridized carbons (Fsp3) is 0.760. The van der Waals surface area contributed by atoms with Gasteiger partial charge in [-0.2, -0.15) is 0 Å². The Kier molecular flexibility index (Phi) is 5.66. The summed E-state index contributed by atoms with van der Waals surface area (Å²) in [4.78, 5) is 0. The minimum absolute atomic E-state index is 0.506. The second-order valence-electron chi connectivity index (χ2n) is 10.0. The summed E-state index contributed by atoms with van der Waals surface area (Å²) in [6, 6.07) is 0. The van der Waals surface area contributed by atoms with Crippen molar-refractivity contribution in [3.8, 4) is 0 Å². The van der Waals surface area contributed by atoms with Crippen LogP contribution in [0, 0.1) is 29.1 Å². The number of fused-ring (bicyclic) bond motifs is 1. The van der Waals surface area contributed by atoms with Crippen molar-refractivity contribution in [2.24, 2.45) is 29.1 Å². The van der Waals surface area contributed by atoms with Crippen LogP contribution in [0.4, 0.5) is 0 Å². The van der Waals surface area contributed by atoms with Crippen molar-refractivity contribution in [3.05, 3.63) is 34.4 Å². The van der Waals surface area contributed by atoms with E-state index in [0.29, 0.717) is 5.41 Å². The van der Waals surface area contributed by atoms with Gasteiger partial charge in [-0.15, -0.1) is 0 Å². The Hall–Kier alpha value is -0.780. The van der Waals surface area contributed by atoms with Crippen LogP contribution < -0.4 is 0 Å². The molecule has 4 atom stereocenters. The number of rotatable bonds is 1. The van der Waals surface area contributed by atoms with E-state index < -0.39 is 0 Å². The van der Waals surface area contributed by atoms with Crippen LogP contribution in [0.1, 0.15) is 92.9 Å². The molecule has 0 spiro atoms. The molecule has 3 aliphatic carbocycles. The zero-order valence-corrected chi connectivity index (χ0v) is 17.6. The van der Waals surface area contributed by atoms with E-state index >= 15 is 0 Å². The molecule has 0 aliphatic heterocycles. The maximum Gasteiger partial charge on any atom is -0.0222 e. The first-order valence-corrected chi connectivity index (χ1v) is 10.9. The third-order valence-electron chi connectivity index (χ3n) is 7.99. The van der Waals surface area contributed by atoms with Crippen LogP contribution in [0.3, 0.4) is 0 Å². The van der Waals surface area contributed by atoms with Gasteiger partial charge in [0, 0.05) is 0 Å². The van der Waals surface area contributed by atoms with Crippen LogP contribution in [-0.4, -0.2) is 0 Å². The Balaban J connectivity index is 1.96. The number of hydrogen-bond acceptors (Lipinski definition) is 0. The summed E-state index contributed by atoms with van der Waals surface area (Å²) < 4.78 is 0. The minimum Gasteiger partial charge on any atom is -0.0850 e. The van der Waals surface area contributed by atoms with Crippen LogP contribution in [-0.2, 0) is 0 Å². The van der Waals surface area contributed by atoms with Crippen LogP contribution in [0.2, 0.25) is 0 Å². The molecule has 0 N–H and O–H groups in total. The first-order chi connectivity index (χ1) is 11.8. The van der Waals surface area contributed by atoms with Crippen LogP contribution in [0.25, 0.3) is 0 Å². The van der Waals surface area contributed by atoms with Gasteiger partial charge in [-0.25, -0.2) is 0 Å². The van der Waals surface area contributed by atoms with Gasteiger partial charge in [-0.1, -0.05) is 56.6 Å². The van der Waals surface area contributed by atoms with Crippen LogP contribution in [0.15, 0.2) is 34.4 Å². The summed E-state index contributed by atoms with van der Waals surface area (Å²) in [5, 5.41) is 0. The van der Waals surface area contributed by atoms with Gasteiger partial charge in [-0.3, -0.25) is 0 Å². The second kappa shape index (κ2) is 7.45. The molecular weight excluding hydrogens is 300 g/mol. The molecule has 0 heterocycles. The molecule has 0 bridgehead atoms. The summed E-state index contributed by atoms with van der Waals surface area (Å²) in [6.45, 7) is 14.7. The lowest BCUT2D eigenvalue weighted by atomic mass is 9.70. The molecular formula is C25H40. The van der Waals surface area contributed by atoms with E-state index in [1.807, 2.05) is 0 Å². The van der Waals surface area contributed by atoms with E-state index in [1.165, 1.54) is 51.4 Å². The maximum absolute atomic E-state index is 2.63. The molecule has 140 valence electrons. The van der Waals surface area contributed by atoms with Gasteiger partial charge < -0.3 is 0 Å². The number of hydrogen-bond donors (Lipinski definition) is 0. The monoisotopic (exact) mass is 340 g/mol. The van der Waals surface area contributed by atoms with E-state index in [0.717, 1.165) is 23.7 Å². The lowest BCUT2D eigenvalue weighted by molar-refractivity contribution is 0.170. The molecule has 0 aromatic carbocycles. The topological polar surface area (TPSA) is 0 Å². The molecule has 3 aliphatic rings. The first-order valence-electron chi connectivity index (χ1n) is 10.9. The first kappa shape index (κ1) is 19.0. The fourth-order valence-corrected chi connectivity index (χ4v) is 6.02. The summed E-state index contributed by atoms with van der Waals surface area (Å²) >= 11 is 0. The average molecular weight is 341 g/mol. The van der Waals surface area contributed by atoms with Gasteiger partial charge in [0.2, 0.25) is 0 Å². The van der Waals surface area contributed by atoms with Crippen molar-refractivity contribution < 1.29 is 0 Å². The highest BCUT2D eigenvalue weighted by atomic mass is 14.5. The molecule has 0 radical (unpaired) electrons. The smallest absolute Gasteiger partial charge is 0.0222 e. The lowest BCUT2D eigenvalue weighted by Gasteiger charge is -2.35. The molecule has 0 aromatic rings.